The summed E-state index contributed by atoms with van der Waals surface area (Å²) in [4.78, 5) is 4.61. The van der Waals surface area contributed by atoms with Crippen LogP contribution in [-0.4, -0.2) is 20.7 Å². The van der Waals surface area contributed by atoms with Crippen LogP contribution in [0.15, 0.2) is 64.5 Å². The number of nitrogens with zero attached hydrogens (tertiary/aromatic N) is 1. The van der Waals surface area contributed by atoms with E-state index in [2.05, 4.69) is 34.6 Å². The van der Waals surface area contributed by atoms with Crippen molar-refractivity contribution in [3.05, 3.63) is 65.7 Å². The normalized spacial score (nSPS) is 12.9. The monoisotopic (exact) mass is 391 g/mol. The Labute approximate surface area is 176 Å². The third kappa shape index (κ3) is 2.75. The summed E-state index contributed by atoms with van der Waals surface area (Å²) in [6, 6.07) is 16.4. The summed E-state index contributed by atoms with van der Waals surface area (Å²) in [7, 11) is 13.0. The number of fused-ring (bicyclic) bond motifs is 5. The van der Waals surface area contributed by atoms with Gasteiger partial charge in [0.1, 0.15) is 5.58 Å². The van der Waals surface area contributed by atoms with Crippen LogP contribution in [0.3, 0.4) is 0 Å². The van der Waals surface area contributed by atoms with Crippen LogP contribution in [0.25, 0.3) is 43.3 Å². The lowest BCUT2D eigenvalue weighted by Gasteiger charge is -2.40. The molecule has 5 heteroatoms. The van der Waals surface area contributed by atoms with Crippen molar-refractivity contribution >= 4 is 59.1 Å². The molecule has 0 saturated carbocycles. The second-order valence-corrected chi connectivity index (χ2v) is 9.53. The summed E-state index contributed by atoms with van der Waals surface area (Å²) in [6.45, 7) is 6.12. The summed E-state index contributed by atoms with van der Waals surface area (Å²) < 4.78 is 7.58. The smallest absolute Gasteiger partial charge is 0.153 e. The first-order valence-corrected chi connectivity index (χ1v) is 10.5. The lowest BCUT2D eigenvalue weighted by molar-refractivity contribution is 0.358. The van der Waals surface area contributed by atoms with Crippen molar-refractivity contribution in [3.8, 4) is 11.3 Å². The van der Waals surface area contributed by atoms with E-state index in [-0.39, 0.29) is 5.41 Å². The molecule has 2 nitrogen and oxygen atoms in total. The van der Waals surface area contributed by atoms with E-state index >= 15 is 0 Å². The Morgan fingerprint density at radius 3 is 2.52 bits per heavy atom. The topological polar surface area (TPSA) is 26.0 Å². The molecule has 0 amide bonds. The fraction of sp³-hybridized carbons (Fsp3) is 0.208. The fourth-order valence-electron chi connectivity index (χ4n) is 3.75. The van der Waals surface area contributed by atoms with Crippen LogP contribution < -0.4 is 0 Å². The van der Waals surface area contributed by atoms with Gasteiger partial charge in [0.2, 0.25) is 0 Å². The minimum absolute atomic E-state index is 0.304. The van der Waals surface area contributed by atoms with Gasteiger partial charge in [0.15, 0.2) is 5.58 Å². The zero-order valence-electron chi connectivity index (χ0n) is 16.7. The summed E-state index contributed by atoms with van der Waals surface area (Å²) in [5, 5.41) is 4.52. The van der Waals surface area contributed by atoms with Gasteiger partial charge in [-0.15, -0.1) is 11.3 Å². The van der Waals surface area contributed by atoms with Gasteiger partial charge in [0.05, 0.1) is 26.1 Å². The highest BCUT2D eigenvalue weighted by molar-refractivity contribution is 7.18. The molecule has 5 rings (SSSR count). The number of aromatic nitrogens is 1. The molecule has 0 spiro atoms. The van der Waals surface area contributed by atoms with Gasteiger partial charge in [-0.1, -0.05) is 49.7 Å². The van der Waals surface area contributed by atoms with Gasteiger partial charge in [-0.2, -0.15) is 0 Å². The number of para-hydroxylation sites is 1. The molecule has 4 radical (unpaired) electrons. The highest BCUT2D eigenvalue weighted by atomic mass is 32.1. The predicted molar refractivity (Wildman–Crippen MR) is 125 cm³/mol. The molecule has 0 aliphatic rings. The molecule has 0 fully saturated rings. The van der Waals surface area contributed by atoms with Crippen molar-refractivity contribution < 1.29 is 4.42 Å². The van der Waals surface area contributed by atoms with Gasteiger partial charge in [0, 0.05) is 22.5 Å². The molecule has 0 saturated heterocycles. The van der Waals surface area contributed by atoms with E-state index in [1.54, 1.807) is 17.5 Å². The van der Waals surface area contributed by atoms with Crippen molar-refractivity contribution in [2.75, 3.05) is 0 Å². The van der Waals surface area contributed by atoms with Crippen molar-refractivity contribution in [1.82, 2.24) is 4.98 Å². The quantitative estimate of drug-likeness (QED) is 0.326. The summed E-state index contributed by atoms with van der Waals surface area (Å²) in [6.07, 6.45) is 1.77. The van der Waals surface area contributed by atoms with Gasteiger partial charge in [0.25, 0.3) is 0 Å². The lowest BCUT2D eigenvalue weighted by Crippen LogP contribution is -2.41. The SMILES string of the molecule is [B]C([B])(c1ccnc(-c2cccc3c2oc2c3ccc3ccsc32)c1)C(C)(C)C. The first-order valence-electron chi connectivity index (χ1n) is 9.63. The standard InChI is InChI=1S/C24H19B2NOS/c1-23(2,3)24(25,26)15-9-11-27-19(13-15)18-6-4-5-16-17-8-7-14-10-12-29-22(14)21(17)28-20(16)18/h4-13H,1-3H3. The molecule has 0 aliphatic carbocycles. The average Bonchev–Trinajstić information content (AvgIpc) is 3.31. The Bertz CT molecular complexity index is 1370. The van der Waals surface area contributed by atoms with Crippen LogP contribution >= 0.6 is 11.3 Å². The Morgan fingerprint density at radius 2 is 1.72 bits per heavy atom. The Morgan fingerprint density at radius 1 is 0.931 bits per heavy atom. The molecular formula is C24H19B2NOS. The van der Waals surface area contributed by atoms with Crippen molar-refractivity contribution in [1.29, 1.82) is 0 Å². The largest absolute Gasteiger partial charge is 0.454 e. The molecule has 0 N–H and O–H groups in total. The molecule has 3 heterocycles. The average molecular weight is 391 g/mol. The van der Waals surface area contributed by atoms with E-state index < -0.39 is 5.21 Å². The molecule has 0 atom stereocenters. The minimum Gasteiger partial charge on any atom is -0.454 e. The first kappa shape index (κ1) is 18.5. The summed E-state index contributed by atoms with van der Waals surface area (Å²) >= 11 is 1.70. The number of furan rings is 1. The van der Waals surface area contributed by atoms with Crippen LogP contribution in [0.5, 0.6) is 0 Å². The van der Waals surface area contributed by atoms with E-state index in [0.717, 1.165) is 38.8 Å². The molecule has 29 heavy (non-hydrogen) atoms. The maximum atomic E-state index is 6.51. The van der Waals surface area contributed by atoms with Gasteiger partial charge >= 0.3 is 0 Å². The van der Waals surface area contributed by atoms with Gasteiger partial charge in [-0.25, -0.2) is 0 Å². The molecule has 0 aliphatic heterocycles. The Balaban J connectivity index is 1.76. The fourth-order valence-corrected chi connectivity index (χ4v) is 4.63. The maximum absolute atomic E-state index is 6.51. The molecule has 0 bridgehead atoms. The molecular weight excluding hydrogens is 372 g/mol. The van der Waals surface area contributed by atoms with E-state index in [9.17, 15) is 0 Å². The third-order valence-corrected chi connectivity index (χ3v) is 6.77. The number of hydrogen-bond acceptors (Lipinski definition) is 3. The van der Waals surface area contributed by atoms with E-state index in [1.165, 1.54) is 10.1 Å². The van der Waals surface area contributed by atoms with Crippen LogP contribution in [0.4, 0.5) is 0 Å². The number of hydrogen-bond donors (Lipinski definition) is 0. The number of pyridine rings is 1. The van der Waals surface area contributed by atoms with E-state index in [4.69, 9.17) is 20.1 Å². The second-order valence-electron chi connectivity index (χ2n) is 8.61. The van der Waals surface area contributed by atoms with Crippen LogP contribution in [0, 0.1) is 5.41 Å². The molecule has 2 aromatic carbocycles. The number of benzene rings is 2. The minimum atomic E-state index is -0.977. The summed E-state index contributed by atoms with van der Waals surface area (Å²) in [5.74, 6) is 0. The van der Waals surface area contributed by atoms with E-state index in [0.29, 0.717) is 0 Å². The third-order valence-electron chi connectivity index (χ3n) is 5.84. The zero-order chi connectivity index (χ0) is 20.4. The Kier molecular flexibility index (Phi) is 3.98. The maximum Gasteiger partial charge on any atom is 0.153 e. The van der Waals surface area contributed by atoms with Crippen LogP contribution in [-0.2, 0) is 5.21 Å². The number of thiophene rings is 1. The summed E-state index contributed by atoms with van der Waals surface area (Å²) in [5.41, 5.74) is 4.06. The zero-order valence-corrected chi connectivity index (χ0v) is 17.5. The highest BCUT2D eigenvalue weighted by Crippen LogP contribution is 2.41. The van der Waals surface area contributed by atoms with E-state index in [1.807, 2.05) is 45.0 Å². The molecule has 0 unspecified atom stereocenters. The van der Waals surface area contributed by atoms with Crippen LogP contribution in [0.1, 0.15) is 26.3 Å². The van der Waals surface area contributed by atoms with Crippen molar-refractivity contribution in [2.45, 2.75) is 26.0 Å². The highest BCUT2D eigenvalue weighted by Gasteiger charge is 2.33. The van der Waals surface area contributed by atoms with Crippen molar-refractivity contribution in [2.24, 2.45) is 5.41 Å². The second kappa shape index (κ2) is 6.24. The molecule has 3 aromatic heterocycles. The molecule has 5 aromatic rings. The number of rotatable bonds is 2. The van der Waals surface area contributed by atoms with Gasteiger partial charge < -0.3 is 4.42 Å². The molecule has 138 valence electrons. The lowest BCUT2D eigenvalue weighted by atomic mass is 9.41. The van der Waals surface area contributed by atoms with Gasteiger partial charge in [-0.05, 0) is 46.5 Å². The van der Waals surface area contributed by atoms with Gasteiger partial charge in [-0.3, -0.25) is 4.98 Å². The predicted octanol–water partition coefficient (Wildman–Crippen LogP) is 6.40. The first-order chi connectivity index (χ1) is 13.8. The Hall–Kier alpha value is -2.52. The van der Waals surface area contributed by atoms with Crippen molar-refractivity contribution in [3.63, 3.8) is 0 Å². The van der Waals surface area contributed by atoms with Crippen LogP contribution in [0.2, 0.25) is 0 Å².